The molecule has 0 N–H and O–H groups in total. The summed E-state index contributed by atoms with van der Waals surface area (Å²) in [6, 6.07) is 28.7. The molecule has 0 aliphatic carbocycles. The largest absolute Gasteiger partial charge is 0.148 e. The average molecular weight is 373 g/mol. The Kier molecular flexibility index (Phi) is 5.14. The van der Waals surface area contributed by atoms with Crippen molar-refractivity contribution in [2.45, 2.75) is 0 Å². The van der Waals surface area contributed by atoms with E-state index in [1.54, 1.807) is 22.7 Å². The summed E-state index contributed by atoms with van der Waals surface area (Å²) in [6.45, 7) is 0. The summed E-state index contributed by atoms with van der Waals surface area (Å²) in [6.07, 6.45) is 0. The van der Waals surface area contributed by atoms with Gasteiger partial charge in [-0.2, -0.15) is 0 Å². The van der Waals surface area contributed by atoms with Gasteiger partial charge in [0.05, 0.1) is 9.75 Å². The summed E-state index contributed by atoms with van der Waals surface area (Å²) in [4.78, 5) is 2.22. The van der Waals surface area contributed by atoms with Crippen molar-refractivity contribution in [1.29, 1.82) is 0 Å². The van der Waals surface area contributed by atoms with Crippen molar-refractivity contribution in [2.24, 2.45) is 10.2 Å². The fourth-order valence-electron chi connectivity index (χ4n) is 2.62. The molecule has 2 aromatic carbocycles. The van der Waals surface area contributed by atoms with Crippen molar-refractivity contribution in [2.75, 3.05) is 0 Å². The van der Waals surface area contributed by atoms with Gasteiger partial charge in [-0.25, -0.2) is 0 Å². The molecule has 4 aromatic rings. The van der Waals surface area contributed by atoms with E-state index in [4.69, 9.17) is 10.2 Å². The van der Waals surface area contributed by atoms with Gasteiger partial charge < -0.3 is 0 Å². The molecule has 0 saturated heterocycles. The summed E-state index contributed by atoms with van der Waals surface area (Å²) in [5.41, 5.74) is 3.92. The van der Waals surface area contributed by atoms with Crippen LogP contribution in [0.3, 0.4) is 0 Å². The SMILES string of the molecule is c1ccc(C(=NN=C(c2ccccc2)c2cccs2)c2cccs2)cc1. The van der Waals surface area contributed by atoms with Crippen LogP contribution in [0.15, 0.2) is 106 Å². The molecule has 0 fully saturated rings. The van der Waals surface area contributed by atoms with Gasteiger partial charge >= 0.3 is 0 Å². The lowest BCUT2D eigenvalue weighted by molar-refractivity contribution is 1.23. The Bertz CT molecular complexity index is 915. The van der Waals surface area contributed by atoms with Crippen LogP contribution in [-0.4, -0.2) is 11.4 Å². The van der Waals surface area contributed by atoms with Gasteiger partial charge in [-0.3, -0.25) is 0 Å². The second-order valence-electron chi connectivity index (χ2n) is 5.58. The molecule has 0 amide bonds. The molecule has 126 valence electrons. The molecule has 2 aromatic heterocycles. The van der Waals surface area contributed by atoms with Crippen molar-refractivity contribution in [3.63, 3.8) is 0 Å². The molecule has 0 radical (unpaired) electrons. The van der Waals surface area contributed by atoms with E-state index < -0.39 is 0 Å². The Morgan fingerprint density at radius 3 is 1.27 bits per heavy atom. The van der Waals surface area contributed by atoms with Crippen molar-refractivity contribution < 1.29 is 0 Å². The van der Waals surface area contributed by atoms with Gasteiger partial charge in [-0.15, -0.1) is 32.9 Å². The summed E-state index contributed by atoms with van der Waals surface area (Å²) < 4.78 is 0. The monoisotopic (exact) mass is 372 g/mol. The molecular formula is C22H16N2S2. The third kappa shape index (κ3) is 3.72. The summed E-state index contributed by atoms with van der Waals surface area (Å²) in [5, 5.41) is 13.5. The van der Waals surface area contributed by atoms with Crippen LogP contribution in [0.25, 0.3) is 0 Å². The minimum Gasteiger partial charge on any atom is -0.148 e. The molecule has 0 aliphatic rings. The molecule has 0 saturated carbocycles. The number of thiophene rings is 2. The first-order chi connectivity index (χ1) is 12.9. The zero-order valence-corrected chi connectivity index (χ0v) is 15.6. The van der Waals surface area contributed by atoms with Gasteiger partial charge in [0.25, 0.3) is 0 Å². The highest BCUT2D eigenvalue weighted by Crippen LogP contribution is 2.19. The van der Waals surface area contributed by atoms with E-state index in [2.05, 4.69) is 47.2 Å². The minimum absolute atomic E-state index is 0.894. The van der Waals surface area contributed by atoms with E-state index in [0.29, 0.717) is 0 Å². The molecule has 0 atom stereocenters. The first-order valence-electron chi connectivity index (χ1n) is 8.26. The number of benzene rings is 2. The third-order valence-corrected chi connectivity index (χ3v) is 5.61. The zero-order chi connectivity index (χ0) is 17.6. The second kappa shape index (κ2) is 8.04. The topological polar surface area (TPSA) is 24.7 Å². The molecule has 0 spiro atoms. The zero-order valence-electron chi connectivity index (χ0n) is 13.9. The van der Waals surface area contributed by atoms with Crippen LogP contribution in [0.4, 0.5) is 0 Å². The number of hydrogen-bond acceptors (Lipinski definition) is 4. The van der Waals surface area contributed by atoms with Crippen LogP contribution in [-0.2, 0) is 0 Å². The fourth-order valence-corrected chi connectivity index (χ4v) is 4.08. The molecular weight excluding hydrogens is 356 g/mol. The molecule has 4 heteroatoms. The highest BCUT2D eigenvalue weighted by molar-refractivity contribution is 7.12. The van der Waals surface area contributed by atoms with E-state index in [1.165, 1.54) is 0 Å². The van der Waals surface area contributed by atoms with E-state index in [0.717, 1.165) is 32.3 Å². The first kappa shape index (κ1) is 16.6. The maximum atomic E-state index is 4.69. The predicted octanol–water partition coefficient (Wildman–Crippen LogP) is 6.10. The lowest BCUT2D eigenvalue weighted by atomic mass is 10.1. The smallest absolute Gasteiger partial charge is 0.110 e. The van der Waals surface area contributed by atoms with E-state index >= 15 is 0 Å². The summed E-state index contributed by atoms with van der Waals surface area (Å²) in [5.74, 6) is 0. The van der Waals surface area contributed by atoms with Gasteiger partial charge in [0.1, 0.15) is 11.4 Å². The fraction of sp³-hybridized carbons (Fsp3) is 0. The highest BCUT2D eigenvalue weighted by Gasteiger charge is 2.11. The minimum atomic E-state index is 0.894. The van der Waals surface area contributed by atoms with Gasteiger partial charge in [-0.1, -0.05) is 72.8 Å². The van der Waals surface area contributed by atoms with Gasteiger partial charge in [0.15, 0.2) is 0 Å². The average Bonchev–Trinajstić information content (AvgIpc) is 3.41. The Morgan fingerprint density at radius 1 is 0.500 bits per heavy atom. The van der Waals surface area contributed by atoms with E-state index in [9.17, 15) is 0 Å². The predicted molar refractivity (Wildman–Crippen MR) is 113 cm³/mol. The molecule has 0 unspecified atom stereocenters. The standard InChI is InChI=1S/C22H16N2S2/c1-3-9-17(10-4-1)21(19-13-7-15-25-19)23-24-22(20-14-8-16-26-20)18-11-5-2-6-12-18/h1-16H. The van der Waals surface area contributed by atoms with Crippen molar-refractivity contribution in [3.8, 4) is 0 Å². The van der Waals surface area contributed by atoms with Crippen LogP contribution >= 0.6 is 22.7 Å². The summed E-state index contributed by atoms with van der Waals surface area (Å²) >= 11 is 3.35. The van der Waals surface area contributed by atoms with Gasteiger partial charge in [-0.05, 0) is 22.9 Å². The van der Waals surface area contributed by atoms with E-state index in [-0.39, 0.29) is 0 Å². The normalized spacial score (nSPS) is 12.3. The highest BCUT2D eigenvalue weighted by atomic mass is 32.1. The van der Waals surface area contributed by atoms with Crippen molar-refractivity contribution >= 4 is 34.1 Å². The van der Waals surface area contributed by atoms with Crippen LogP contribution in [0.2, 0.25) is 0 Å². The van der Waals surface area contributed by atoms with Gasteiger partial charge in [0.2, 0.25) is 0 Å². The van der Waals surface area contributed by atoms with Crippen molar-refractivity contribution in [1.82, 2.24) is 0 Å². The number of nitrogens with zero attached hydrogens (tertiary/aromatic N) is 2. The molecule has 2 heterocycles. The Morgan fingerprint density at radius 2 is 0.923 bits per heavy atom. The maximum absolute atomic E-state index is 4.69. The molecule has 0 bridgehead atoms. The maximum Gasteiger partial charge on any atom is 0.110 e. The third-order valence-electron chi connectivity index (χ3n) is 3.85. The van der Waals surface area contributed by atoms with Crippen LogP contribution < -0.4 is 0 Å². The van der Waals surface area contributed by atoms with Crippen LogP contribution in [0.5, 0.6) is 0 Å². The number of rotatable bonds is 5. The quantitative estimate of drug-likeness (QED) is 0.299. The van der Waals surface area contributed by atoms with Crippen LogP contribution in [0.1, 0.15) is 20.9 Å². The number of hydrogen-bond donors (Lipinski definition) is 0. The van der Waals surface area contributed by atoms with E-state index in [1.807, 2.05) is 48.5 Å². The Hall–Kier alpha value is -2.82. The van der Waals surface area contributed by atoms with Gasteiger partial charge in [0, 0.05) is 11.1 Å². The second-order valence-corrected chi connectivity index (χ2v) is 7.48. The molecule has 2 nitrogen and oxygen atoms in total. The molecule has 4 rings (SSSR count). The van der Waals surface area contributed by atoms with Crippen LogP contribution in [0, 0.1) is 0 Å². The molecule has 26 heavy (non-hydrogen) atoms. The summed E-state index contributed by atoms with van der Waals surface area (Å²) in [7, 11) is 0. The lowest BCUT2D eigenvalue weighted by Crippen LogP contribution is -2.03. The van der Waals surface area contributed by atoms with Crippen molar-refractivity contribution in [3.05, 3.63) is 117 Å². The Labute approximate surface area is 160 Å². The first-order valence-corrected chi connectivity index (χ1v) is 10.0. The Balaban J connectivity index is 1.84. The lowest BCUT2D eigenvalue weighted by Gasteiger charge is -2.05. The molecule has 0 aliphatic heterocycles.